The highest BCUT2D eigenvalue weighted by atomic mass is 16.1. The van der Waals surface area contributed by atoms with E-state index in [4.69, 9.17) is 15.0 Å². The maximum atomic E-state index is 12.8. The minimum atomic E-state index is -0.0285. The summed E-state index contributed by atoms with van der Waals surface area (Å²) in [5.74, 6) is 1.92. The highest BCUT2D eigenvalue weighted by Crippen LogP contribution is 2.44. The number of aromatic nitrogens is 5. The van der Waals surface area contributed by atoms with Crippen LogP contribution in [0.15, 0.2) is 181 Å². The number of fused-ring (bicyclic) bond motifs is 3. The Kier molecular flexibility index (Phi) is 7.96. The Labute approximate surface area is 323 Å². The molecule has 0 saturated heterocycles. The SMILES string of the molecule is Cn1c(=O)n(C)c2cc(-c3c4ccccc4c(-c4ccc(-c5ccc(-c6nc(-c7ccccc7)nc(-c7ccccc7)n6)cc5)cc4)c4ccccc34)ccc21. The summed E-state index contributed by atoms with van der Waals surface area (Å²) in [6.45, 7) is 0. The molecule has 56 heavy (non-hydrogen) atoms. The molecule has 0 radical (unpaired) electrons. The first-order valence-corrected chi connectivity index (χ1v) is 18.7. The summed E-state index contributed by atoms with van der Waals surface area (Å²) in [5.41, 5.74) is 11.5. The molecule has 0 aliphatic carbocycles. The maximum Gasteiger partial charge on any atom is 0.328 e. The second-order valence-corrected chi connectivity index (χ2v) is 14.1. The Morgan fingerprint density at radius 1 is 0.339 bits per heavy atom. The van der Waals surface area contributed by atoms with Crippen LogP contribution < -0.4 is 5.69 Å². The predicted molar refractivity (Wildman–Crippen MR) is 229 cm³/mol. The summed E-state index contributed by atoms with van der Waals surface area (Å²) in [4.78, 5) is 27.4. The predicted octanol–water partition coefficient (Wildman–Crippen LogP) is 11.4. The molecule has 0 aliphatic rings. The molecule has 0 spiro atoms. The van der Waals surface area contributed by atoms with Crippen LogP contribution in [-0.2, 0) is 14.1 Å². The number of benzene rings is 8. The molecule has 0 unspecified atom stereocenters. The van der Waals surface area contributed by atoms with Crippen molar-refractivity contribution >= 4 is 32.6 Å². The molecule has 10 rings (SSSR count). The second-order valence-electron chi connectivity index (χ2n) is 14.1. The first-order valence-electron chi connectivity index (χ1n) is 18.7. The van der Waals surface area contributed by atoms with Gasteiger partial charge in [0.15, 0.2) is 17.5 Å². The van der Waals surface area contributed by atoms with Crippen LogP contribution in [0.25, 0.3) is 100 Å². The lowest BCUT2D eigenvalue weighted by molar-refractivity contribution is 0.795. The third kappa shape index (κ3) is 5.58. The van der Waals surface area contributed by atoms with Crippen molar-refractivity contribution in [2.75, 3.05) is 0 Å². The van der Waals surface area contributed by atoms with Crippen molar-refractivity contribution in [3.05, 3.63) is 186 Å². The fraction of sp³-hybridized carbons (Fsp3) is 0.0400. The Bertz CT molecular complexity index is 3030. The summed E-state index contributed by atoms with van der Waals surface area (Å²) in [5, 5.41) is 4.71. The van der Waals surface area contributed by atoms with E-state index in [1.807, 2.05) is 74.8 Å². The lowest BCUT2D eigenvalue weighted by atomic mass is 9.85. The normalized spacial score (nSPS) is 11.5. The number of imidazole rings is 1. The zero-order chi connectivity index (χ0) is 37.8. The molecule has 0 bridgehead atoms. The van der Waals surface area contributed by atoms with Gasteiger partial charge in [0.05, 0.1) is 11.0 Å². The van der Waals surface area contributed by atoms with E-state index in [0.717, 1.165) is 50.0 Å². The smallest absolute Gasteiger partial charge is 0.295 e. The van der Waals surface area contributed by atoms with Gasteiger partial charge in [-0.2, -0.15) is 0 Å². The van der Waals surface area contributed by atoms with E-state index in [0.29, 0.717) is 17.5 Å². The molecular weight excluding hydrogens is 687 g/mol. The first-order chi connectivity index (χ1) is 27.5. The molecule has 0 aliphatic heterocycles. The number of aryl methyl sites for hydroxylation is 2. The average molecular weight is 722 g/mol. The van der Waals surface area contributed by atoms with Gasteiger partial charge in [0.2, 0.25) is 0 Å². The van der Waals surface area contributed by atoms with Crippen molar-refractivity contribution in [1.29, 1.82) is 0 Å². The van der Waals surface area contributed by atoms with E-state index in [1.54, 1.807) is 9.13 Å². The number of nitrogens with zero attached hydrogens (tertiary/aromatic N) is 5. The third-order valence-corrected chi connectivity index (χ3v) is 10.8. The van der Waals surface area contributed by atoms with Crippen LogP contribution in [0.5, 0.6) is 0 Å². The molecule has 10 aromatic rings. The molecule has 0 saturated carbocycles. The topological polar surface area (TPSA) is 65.6 Å². The minimum absolute atomic E-state index is 0.0285. The maximum absolute atomic E-state index is 12.8. The fourth-order valence-corrected chi connectivity index (χ4v) is 7.99. The van der Waals surface area contributed by atoms with Crippen LogP contribution in [0.4, 0.5) is 0 Å². The summed E-state index contributed by atoms with van der Waals surface area (Å²) in [6, 6.07) is 61.1. The molecule has 266 valence electrons. The van der Waals surface area contributed by atoms with Crippen LogP contribution in [0.3, 0.4) is 0 Å². The Morgan fingerprint density at radius 3 is 1.14 bits per heavy atom. The lowest BCUT2D eigenvalue weighted by Crippen LogP contribution is -2.19. The van der Waals surface area contributed by atoms with Crippen molar-refractivity contribution in [1.82, 2.24) is 24.1 Å². The standard InChI is InChI=1S/C50H35N5O/c1-54-43-30-29-38(31-44(43)55(2)50(54)56)46-41-19-11-9-17-39(41)45(40-18-10-12-20-42(40)46)34-25-21-32(22-26-34)33-23-27-37(28-24-33)49-52-47(35-13-5-3-6-14-35)51-48(53-49)36-15-7-4-8-16-36/h3-31H,1-2H3. The van der Waals surface area contributed by atoms with Gasteiger partial charge in [0, 0.05) is 30.8 Å². The zero-order valence-corrected chi connectivity index (χ0v) is 30.9. The molecule has 0 fully saturated rings. The van der Waals surface area contributed by atoms with Gasteiger partial charge in [-0.15, -0.1) is 0 Å². The molecular formula is C50H35N5O. The number of hydrogen-bond acceptors (Lipinski definition) is 4. The van der Waals surface area contributed by atoms with Gasteiger partial charge in [0.25, 0.3) is 0 Å². The summed E-state index contributed by atoms with van der Waals surface area (Å²) < 4.78 is 3.43. The van der Waals surface area contributed by atoms with Gasteiger partial charge in [-0.25, -0.2) is 19.7 Å². The largest absolute Gasteiger partial charge is 0.328 e. The highest BCUT2D eigenvalue weighted by molar-refractivity contribution is 6.21. The van der Waals surface area contributed by atoms with E-state index >= 15 is 0 Å². The molecule has 2 heterocycles. The summed E-state index contributed by atoms with van der Waals surface area (Å²) in [7, 11) is 3.66. The fourth-order valence-electron chi connectivity index (χ4n) is 7.99. The zero-order valence-electron chi connectivity index (χ0n) is 30.9. The van der Waals surface area contributed by atoms with Gasteiger partial charge in [-0.1, -0.05) is 164 Å². The Morgan fingerprint density at radius 2 is 0.679 bits per heavy atom. The summed E-state index contributed by atoms with van der Waals surface area (Å²) >= 11 is 0. The van der Waals surface area contributed by atoms with Crippen LogP contribution in [0.1, 0.15) is 0 Å². The van der Waals surface area contributed by atoms with Gasteiger partial charge in [0.1, 0.15) is 0 Å². The monoisotopic (exact) mass is 721 g/mol. The molecule has 6 nitrogen and oxygen atoms in total. The molecule has 8 aromatic carbocycles. The second kappa shape index (κ2) is 13.4. The van der Waals surface area contributed by atoms with E-state index < -0.39 is 0 Å². The average Bonchev–Trinajstić information content (AvgIpc) is 3.48. The Hall–Kier alpha value is -7.44. The number of hydrogen-bond donors (Lipinski definition) is 0. The van der Waals surface area contributed by atoms with Crippen molar-refractivity contribution in [2.24, 2.45) is 14.1 Å². The van der Waals surface area contributed by atoms with E-state index in [2.05, 4.69) is 115 Å². The van der Waals surface area contributed by atoms with Gasteiger partial charge < -0.3 is 0 Å². The van der Waals surface area contributed by atoms with Gasteiger partial charge >= 0.3 is 5.69 Å². The van der Waals surface area contributed by atoms with Crippen LogP contribution in [0, 0.1) is 0 Å². The van der Waals surface area contributed by atoms with Crippen molar-refractivity contribution < 1.29 is 0 Å². The van der Waals surface area contributed by atoms with E-state index in [9.17, 15) is 4.79 Å². The molecule has 0 N–H and O–H groups in total. The molecule has 0 amide bonds. The number of rotatable bonds is 6. The van der Waals surface area contributed by atoms with Crippen LogP contribution in [-0.4, -0.2) is 24.1 Å². The van der Waals surface area contributed by atoms with E-state index in [-0.39, 0.29) is 5.69 Å². The van der Waals surface area contributed by atoms with Crippen LogP contribution in [0.2, 0.25) is 0 Å². The molecule has 6 heteroatoms. The van der Waals surface area contributed by atoms with Gasteiger partial charge in [-0.05, 0) is 67.1 Å². The Balaban J connectivity index is 1.03. The molecule has 0 atom stereocenters. The third-order valence-electron chi connectivity index (χ3n) is 10.8. The van der Waals surface area contributed by atoms with Crippen molar-refractivity contribution in [3.8, 4) is 67.5 Å². The lowest BCUT2D eigenvalue weighted by Gasteiger charge is -2.18. The van der Waals surface area contributed by atoms with Gasteiger partial charge in [-0.3, -0.25) is 9.13 Å². The highest BCUT2D eigenvalue weighted by Gasteiger charge is 2.18. The summed E-state index contributed by atoms with van der Waals surface area (Å²) in [6.07, 6.45) is 0. The van der Waals surface area contributed by atoms with E-state index in [1.165, 1.54) is 32.7 Å². The molecule has 2 aromatic heterocycles. The first kappa shape index (κ1) is 33.2. The van der Waals surface area contributed by atoms with Crippen molar-refractivity contribution in [3.63, 3.8) is 0 Å². The van der Waals surface area contributed by atoms with Crippen LogP contribution >= 0.6 is 0 Å². The minimum Gasteiger partial charge on any atom is -0.295 e. The van der Waals surface area contributed by atoms with Crippen molar-refractivity contribution in [2.45, 2.75) is 0 Å². The quantitative estimate of drug-likeness (QED) is 0.160.